The summed E-state index contributed by atoms with van der Waals surface area (Å²) in [4.78, 5) is 0. The smallest absolute Gasteiger partial charge is 0.0103 e. The standard InChI is InChI=1S/C17H33N/c1-4-7-9-13(5-2)12-16(18-6-3)17-14-10-8-11-15(14)17/h13-18H,4-12H2,1-3H3. The molecule has 106 valence electrons. The van der Waals surface area contributed by atoms with Crippen LogP contribution in [0.5, 0.6) is 0 Å². The molecule has 1 N–H and O–H groups in total. The van der Waals surface area contributed by atoms with Crippen molar-refractivity contribution in [1.29, 1.82) is 0 Å². The molecule has 2 fully saturated rings. The van der Waals surface area contributed by atoms with Gasteiger partial charge in [-0.2, -0.15) is 0 Å². The highest BCUT2D eigenvalue weighted by Gasteiger charge is 2.55. The van der Waals surface area contributed by atoms with E-state index >= 15 is 0 Å². The molecule has 0 aromatic rings. The average molecular weight is 251 g/mol. The molecule has 0 aliphatic heterocycles. The third-order valence-electron chi connectivity index (χ3n) is 5.53. The lowest BCUT2D eigenvalue weighted by atomic mass is 9.88. The molecule has 2 aliphatic carbocycles. The summed E-state index contributed by atoms with van der Waals surface area (Å²) in [6.07, 6.45) is 11.6. The zero-order valence-corrected chi connectivity index (χ0v) is 12.8. The molecule has 1 heteroatoms. The van der Waals surface area contributed by atoms with Gasteiger partial charge in [0.1, 0.15) is 0 Å². The lowest BCUT2D eigenvalue weighted by Gasteiger charge is -2.25. The summed E-state index contributed by atoms with van der Waals surface area (Å²) in [6, 6.07) is 0.840. The van der Waals surface area contributed by atoms with E-state index in [1.54, 1.807) is 0 Å². The molecule has 2 aliphatic rings. The minimum atomic E-state index is 0.840. The van der Waals surface area contributed by atoms with Gasteiger partial charge in [0.05, 0.1) is 0 Å². The maximum Gasteiger partial charge on any atom is 0.0103 e. The zero-order chi connectivity index (χ0) is 13.0. The Morgan fingerprint density at radius 1 is 1.11 bits per heavy atom. The van der Waals surface area contributed by atoms with Crippen molar-refractivity contribution < 1.29 is 0 Å². The molecule has 0 amide bonds. The average Bonchev–Trinajstić information content (AvgIpc) is 2.86. The molecule has 0 aromatic carbocycles. The summed E-state index contributed by atoms with van der Waals surface area (Å²) in [7, 11) is 0. The molecule has 0 saturated heterocycles. The lowest BCUT2D eigenvalue weighted by molar-refractivity contribution is 0.309. The van der Waals surface area contributed by atoms with E-state index < -0.39 is 0 Å². The lowest BCUT2D eigenvalue weighted by Crippen LogP contribution is -2.34. The van der Waals surface area contributed by atoms with Crippen molar-refractivity contribution in [3.05, 3.63) is 0 Å². The van der Waals surface area contributed by atoms with E-state index in [0.717, 1.165) is 36.3 Å². The van der Waals surface area contributed by atoms with E-state index in [2.05, 4.69) is 26.1 Å². The summed E-state index contributed by atoms with van der Waals surface area (Å²) in [6.45, 7) is 8.14. The molecule has 0 spiro atoms. The summed E-state index contributed by atoms with van der Waals surface area (Å²) in [5.74, 6) is 4.24. The van der Waals surface area contributed by atoms with Crippen LogP contribution in [0.2, 0.25) is 0 Å². The molecule has 0 heterocycles. The van der Waals surface area contributed by atoms with Gasteiger partial charge in [0, 0.05) is 6.04 Å². The van der Waals surface area contributed by atoms with Gasteiger partial charge in [-0.15, -0.1) is 0 Å². The highest BCUT2D eigenvalue weighted by molar-refractivity contribution is 5.06. The van der Waals surface area contributed by atoms with Crippen LogP contribution in [0.1, 0.15) is 72.1 Å². The highest BCUT2D eigenvalue weighted by atomic mass is 14.9. The molecule has 4 unspecified atom stereocenters. The molecule has 2 rings (SSSR count). The van der Waals surface area contributed by atoms with Crippen LogP contribution in [-0.4, -0.2) is 12.6 Å². The second-order valence-corrected chi connectivity index (χ2v) is 6.65. The van der Waals surface area contributed by atoms with Gasteiger partial charge in [-0.1, -0.05) is 52.9 Å². The molecular weight excluding hydrogens is 218 g/mol. The maximum atomic E-state index is 3.81. The minimum Gasteiger partial charge on any atom is -0.314 e. The number of hydrogen-bond acceptors (Lipinski definition) is 1. The van der Waals surface area contributed by atoms with Crippen LogP contribution in [0, 0.1) is 23.7 Å². The van der Waals surface area contributed by atoms with Gasteiger partial charge in [-0.25, -0.2) is 0 Å². The van der Waals surface area contributed by atoms with Gasteiger partial charge < -0.3 is 5.32 Å². The topological polar surface area (TPSA) is 12.0 Å². The second-order valence-electron chi connectivity index (χ2n) is 6.65. The second kappa shape index (κ2) is 6.93. The van der Waals surface area contributed by atoms with Crippen molar-refractivity contribution in [2.75, 3.05) is 6.54 Å². The fraction of sp³-hybridized carbons (Fsp3) is 1.00. The number of unbranched alkanes of at least 4 members (excludes halogenated alkanes) is 1. The Morgan fingerprint density at radius 3 is 2.39 bits per heavy atom. The van der Waals surface area contributed by atoms with Crippen molar-refractivity contribution in [1.82, 2.24) is 5.32 Å². The van der Waals surface area contributed by atoms with Gasteiger partial charge in [-0.3, -0.25) is 0 Å². The Kier molecular flexibility index (Phi) is 5.54. The summed E-state index contributed by atoms with van der Waals surface area (Å²) < 4.78 is 0. The largest absolute Gasteiger partial charge is 0.314 e. The van der Waals surface area contributed by atoms with Crippen molar-refractivity contribution in [3.8, 4) is 0 Å². The van der Waals surface area contributed by atoms with E-state index in [-0.39, 0.29) is 0 Å². The van der Waals surface area contributed by atoms with Crippen molar-refractivity contribution in [2.24, 2.45) is 23.7 Å². The summed E-state index contributed by atoms with van der Waals surface area (Å²) >= 11 is 0. The predicted octanol–water partition coefficient (Wildman–Crippen LogP) is 4.62. The molecule has 2 saturated carbocycles. The van der Waals surface area contributed by atoms with E-state index in [0.29, 0.717) is 0 Å². The Bertz CT molecular complexity index is 228. The Hall–Kier alpha value is -0.0400. The van der Waals surface area contributed by atoms with E-state index in [4.69, 9.17) is 0 Å². The highest BCUT2D eigenvalue weighted by Crippen LogP contribution is 2.59. The molecule has 0 bridgehead atoms. The monoisotopic (exact) mass is 251 g/mol. The van der Waals surface area contributed by atoms with E-state index in [9.17, 15) is 0 Å². The van der Waals surface area contributed by atoms with E-state index in [1.807, 2.05) is 0 Å². The third-order valence-corrected chi connectivity index (χ3v) is 5.53. The third kappa shape index (κ3) is 3.29. The fourth-order valence-electron chi connectivity index (χ4n) is 4.45. The quantitative estimate of drug-likeness (QED) is 0.630. The van der Waals surface area contributed by atoms with Crippen molar-refractivity contribution >= 4 is 0 Å². The van der Waals surface area contributed by atoms with Crippen molar-refractivity contribution in [3.63, 3.8) is 0 Å². The molecule has 1 nitrogen and oxygen atoms in total. The van der Waals surface area contributed by atoms with Gasteiger partial charge in [0.2, 0.25) is 0 Å². The number of nitrogens with one attached hydrogen (secondary N) is 1. The number of fused-ring (bicyclic) bond motifs is 1. The van der Waals surface area contributed by atoms with Crippen LogP contribution >= 0.6 is 0 Å². The summed E-state index contributed by atoms with van der Waals surface area (Å²) in [5.41, 5.74) is 0. The van der Waals surface area contributed by atoms with Crippen LogP contribution < -0.4 is 5.32 Å². The first kappa shape index (κ1) is 14.4. The van der Waals surface area contributed by atoms with Crippen molar-refractivity contribution in [2.45, 2.75) is 78.2 Å². The van der Waals surface area contributed by atoms with Crippen LogP contribution in [0.25, 0.3) is 0 Å². The Labute approximate surface area is 114 Å². The van der Waals surface area contributed by atoms with Gasteiger partial charge in [0.15, 0.2) is 0 Å². The molecule has 4 atom stereocenters. The van der Waals surface area contributed by atoms with Gasteiger partial charge in [0.25, 0.3) is 0 Å². The Morgan fingerprint density at radius 2 is 1.83 bits per heavy atom. The zero-order valence-electron chi connectivity index (χ0n) is 12.8. The number of rotatable bonds is 9. The predicted molar refractivity (Wildman–Crippen MR) is 79.7 cm³/mol. The minimum absolute atomic E-state index is 0.840. The van der Waals surface area contributed by atoms with Gasteiger partial charge in [-0.05, 0) is 49.5 Å². The first-order valence-corrected chi connectivity index (χ1v) is 8.55. The molecule has 0 aromatic heterocycles. The molecular formula is C17H33N. The fourth-order valence-corrected chi connectivity index (χ4v) is 4.45. The first-order valence-electron chi connectivity index (χ1n) is 8.55. The molecule has 18 heavy (non-hydrogen) atoms. The Balaban J connectivity index is 1.81. The van der Waals surface area contributed by atoms with Crippen LogP contribution in [-0.2, 0) is 0 Å². The van der Waals surface area contributed by atoms with Gasteiger partial charge >= 0.3 is 0 Å². The molecule has 0 radical (unpaired) electrons. The first-order chi connectivity index (χ1) is 8.81. The summed E-state index contributed by atoms with van der Waals surface area (Å²) in [5, 5.41) is 3.81. The SMILES string of the molecule is CCCCC(CC)CC(NCC)C1C2CCCC21. The number of hydrogen-bond donors (Lipinski definition) is 1. The van der Waals surface area contributed by atoms with Crippen LogP contribution in [0.3, 0.4) is 0 Å². The normalized spacial score (nSPS) is 33.2. The van der Waals surface area contributed by atoms with E-state index in [1.165, 1.54) is 51.4 Å². The van der Waals surface area contributed by atoms with Crippen LogP contribution in [0.4, 0.5) is 0 Å². The maximum absolute atomic E-state index is 3.81. The van der Waals surface area contributed by atoms with Crippen LogP contribution in [0.15, 0.2) is 0 Å².